The lowest BCUT2D eigenvalue weighted by molar-refractivity contribution is 0.0738. The van der Waals surface area contributed by atoms with Crippen LogP contribution in [0.4, 0.5) is 0 Å². The first-order chi connectivity index (χ1) is 14.2. The molecule has 3 heterocycles. The van der Waals surface area contributed by atoms with Crippen LogP contribution >= 0.6 is 11.3 Å². The van der Waals surface area contributed by atoms with Gasteiger partial charge in [-0.25, -0.2) is 4.98 Å². The van der Waals surface area contributed by atoms with Crippen molar-refractivity contribution < 1.29 is 9.53 Å². The number of fused-ring (bicyclic) bond motifs is 2. The predicted octanol–water partition coefficient (Wildman–Crippen LogP) is 4.57. The summed E-state index contributed by atoms with van der Waals surface area (Å²) in [6.07, 6.45) is 2.52. The van der Waals surface area contributed by atoms with Crippen LogP contribution in [0.3, 0.4) is 0 Å². The highest BCUT2D eigenvalue weighted by Gasteiger charge is 2.26. The van der Waals surface area contributed by atoms with E-state index in [4.69, 9.17) is 9.72 Å². The molecule has 0 saturated carbocycles. The van der Waals surface area contributed by atoms with Gasteiger partial charge in [0, 0.05) is 40.6 Å². The topological polar surface area (TPSA) is 55.3 Å². The highest BCUT2D eigenvalue weighted by Crippen LogP contribution is 2.33. The number of thiazole rings is 1. The maximum atomic E-state index is 13.2. The summed E-state index contributed by atoms with van der Waals surface area (Å²) in [4.78, 5) is 25.5. The molecule has 0 N–H and O–H groups in total. The Labute approximate surface area is 172 Å². The molecule has 2 aromatic carbocycles. The van der Waals surface area contributed by atoms with Crippen LogP contribution in [-0.2, 0) is 13.0 Å². The summed E-state index contributed by atoms with van der Waals surface area (Å²) in [6, 6.07) is 17.5. The van der Waals surface area contributed by atoms with Gasteiger partial charge in [0.2, 0.25) is 0 Å². The van der Waals surface area contributed by atoms with Gasteiger partial charge in [0.25, 0.3) is 5.91 Å². The number of aromatic nitrogens is 2. The number of nitrogens with zero attached hydrogens (tertiary/aromatic N) is 3. The van der Waals surface area contributed by atoms with Crippen LogP contribution in [0, 0.1) is 0 Å². The van der Waals surface area contributed by atoms with Gasteiger partial charge in [0.1, 0.15) is 10.8 Å². The summed E-state index contributed by atoms with van der Waals surface area (Å²) in [5.41, 5.74) is 3.68. The minimum atomic E-state index is 0.0468. The fraction of sp³-hybridized carbons (Fsp3) is 0.174. The zero-order valence-electron chi connectivity index (χ0n) is 16.0. The number of benzene rings is 2. The van der Waals surface area contributed by atoms with Crippen LogP contribution in [0.5, 0.6) is 5.75 Å². The van der Waals surface area contributed by atoms with Crippen molar-refractivity contribution in [2.75, 3.05) is 13.7 Å². The van der Waals surface area contributed by atoms with E-state index in [0.717, 1.165) is 44.2 Å². The van der Waals surface area contributed by atoms with Crippen molar-refractivity contribution in [1.82, 2.24) is 14.9 Å². The van der Waals surface area contributed by atoms with Crippen LogP contribution in [0.25, 0.3) is 21.5 Å². The molecule has 144 valence electrons. The molecule has 0 saturated heterocycles. The molecule has 0 atom stereocenters. The van der Waals surface area contributed by atoms with E-state index >= 15 is 0 Å². The quantitative estimate of drug-likeness (QED) is 0.505. The lowest BCUT2D eigenvalue weighted by atomic mass is 10.1. The van der Waals surface area contributed by atoms with E-state index in [1.807, 2.05) is 59.5 Å². The first kappa shape index (κ1) is 17.8. The van der Waals surface area contributed by atoms with Gasteiger partial charge in [-0.1, -0.05) is 24.3 Å². The monoisotopic (exact) mass is 401 g/mol. The van der Waals surface area contributed by atoms with Gasteiger partial charge in [-0.15, -0.1) is 11.3 Å². The number of pyridine rings is 1. The lowest BCUT2D eigenvalue weighted by Crippen LogP contribution is -2.35. The minimum absolute atomic E-state index is 0.0468. The number of methoxy groups -OCH3 is 1. The Kier molecular flexibility index (Phi) is 4.48. The van der Waals surface area contributed by atoms with Gasteiger partial charge in [-0.2, -0.15) is 0 Å². The van der Waals surface area contributed by atoms with Crippen molar-refractivity contribution in [3.63, 3.8) is 0 Å². The van der Waals surface area contributed by atoms with Gasteiger partial charge in [0.05, 0.1) is 24.9 Å². The molecule has 0 bridgehead atoms. The Balaban J connectivity index is 1.43. The van der Waals surface area contributed by atoms with Gasteiger partial charge in [-0.05, 0) is 30.3 Å². The summed E-state index contributed by atoms with van der Waals surface area (Å²) in [6.45, 7) is 1.26. The maximum absolute atomic E-state index is 13.2. The normalized spacial score (nSPS) is 13.3. The Morgan fingerprint density at radius 1 is 1.14 bits per heavy atom. The summed E-state index contributed by atoms with van der Waals surface area (Å²) in [5, 5.41) is 1.87. The first-order valence-corrected chi connectivity index (χ1v) is 10.3. The summed E-state index contributed by atoms with van der Waals surface area (Å²) < 4.78 is 5.33. The van der Waals surface area contributed by atoms with Crippen LogP contribution in [0.2, 0.25) is 0 Å². The third kappa shape index (κ3) is 3.25. The van der Waals surface area contributed by atoms with E-state index in [-0.39, 0.29) is 5.91 Å². The van der Waals surface area contributed by atoms with Crippen LogP contribution < -0.4 is 4.74 Å². The standard InChI is InChI=1S/C23H19N3O2S/c1-28-16-6-2-5-15(13-16)22-25-20-10-12-26(14-21(20)29-22)23(27)18-7-3-9-19-17(18)8-4-11-24-19/h2-9,11,13H,10,12,14H2,1H3. The van der Waals surface area contributed by atoms with E-state index < -0.39 is 0 Å². The van der Waals surface area contributed by atoms with Crippen LogP contribution in [0.1, 0.15) is 20.9 Å². The molecule has 2 aromatic heterocycles. The molecule has 0 radical (unpaired) electrons. The molecule has 29 heavy (non-hydrogen) atoms. The van der Waals surface area contributed by atoms with E-state index in [2.05, 4.69) is 4.98 Å². The largest absolute Gasteiger partial charge is 0.497 e. The average Bonchev–Trinajstić information content (AvgIpc) is 3.22. The zero-order chi connectivity index (χ0) is 19.8. The number of ether oxygens (including phenoxy) is 1. The Morgan fingerprint density at radius 3 is 2.93 bits per heavy atom. The minimum Gasteiger partial charge on any atom is -0.497 e. The van der Waals surface area contributed by atoms with Gasteiger partial charge < -0.3 is 9.64 Å². The Morgan fingerprint density at radius 2 is 2.03 bits per heavy atom. The fourth-order valence-corrected chi connectivity index (χ4v) is 4.83. The van der Waals surface area contributed by atoms with Crippen LogP contribution in [0.15, 0.2) is 60.8 Å². The van der Waals surface area contributed by atoms with Crippen molar-refractivity contribution in [2.45, 2.75) is 13.0 Å². The summed E-state index contributed by atoms with van der Waals surface area (Å²) in [7, 11) is 1.66. The van der Waals surface area contributed by atoms with Crippen molar-refractivity contribution in [2.24, 2.45) is 0 Å². The first-order valence-electron chi connectivity index (χ1n) is 9.49. The Hall–Kier alpha value is -3.25. The third-order valence-corrected chi connectivity index (χ3v) is 6.34. The summed E-state index contributed by atoms with van der Waals surface area (Å²) >= 11 is 1.65. The van der Waals surface area contributed by atoms with E-state index in [1.165, 1.54) is 0 Å². The van der Waals surface area contributed by atoms with Gasteiger partial charge >= 0.3 is 0 Å². The van der Waals surface area contributed by atoms with Crippen molar-refractivity contribution in [3.05, 3.63) is 76.9 Å². The maximum Gasteiger partial charge on any atom is 0.254 e. The molecule has 1 amide bonds. The predicted molar refractivity (Wildman–Crippen MR) is 114 cm³/mol. The zero-order valence-corrected chi connectivity index (χ0v) is 16.8. The number of hydrogen-bond donors (Lipinski definition) is 0. The second kappa shape index (κ2) is 7.29. The van der Waals surface area contributed by atoms with E-state index in [1.54, 1.807) is 24.6 Å². The highest BCUT2D eigenvalue weighted by molar-refractivity contribution is 7.15. The van der Waals surface area contributed by atoms with Crippen LogP contribution in [-0.4, -0.2) is 34.4 Å². The molecule has 0 aliphatic carbocycles. The lowest BCUT2D eigenvalue weighted by Gasteiger charge is -2.26. The molecule has 1 aliphatic heterocycles. The molecule has 0 unspecified atom stereocenters. The third-order valence-electron chi connectivity index (χ3n) is 5.21. The SMILES string of the molecule is COc1cccc(-c2nc3c(s2)CN(C(=O)c2cccc4ncccc24)CC3)c1. The molecule has 4 aromatic rings. The fourth-order valence-electron chi connectivity index (χ4n) is 3.71. The molecular formula is C23H19N3O2S. The van der Waals surface area contributed by atoms with Gasteiger partial charge in [0.15, 0.2) is 0 Å². The molecule has 0 fully saturated rings. The molecule has 5 nitrogen and oxygen atoms in total. The van der Waals surface area contributed by atoms with Crippen molar-refractivity contribution >= 4 is 28.1 Å². The highest BCUT2D eigenvalue weighted by atomic mass is 32.1. The average molecular weight is 401 g/mol. The molecule has 1 aliphatic rings. The number of hydrogen-bond acceptors (Lipinski definition) is 5. The number of carbonyl (C=O) groups is 1. The number of carbonyl (C=O) groups excluding carboxylic acids is 1. The van der Waals surface area contributed by atoms with Crippen molar-refractivity contribution in [1.29, 1.82) is 0 Å². The molecule has 0 spiro atoms. The molecular weight excluding hydrogens is 382 g/mol. The number of rotatable bonds is 3. The molecule has 6 heteroatoms. The second-order valence-corrected chi connectivity index (χ2v) is 8.06. The second-order valence-electron chi connectivity index (χ2n) is 6.97. The van der Waals surface area contributed by atoms with E-state index in [9.17, 15) is 4.79 Å². The Bertz CT molecular complexity index is 1210. The summed E-state index contributed by atoms with van der Waals surface area (Å²) in [5.74, 6) is 0.864. The smallest absolute Gasteiger partial charge is 0.254 e. The van der Waals surface area contributed by atoms with E-state index in [0.29, 0.717) is 18.7 Å². The molecule has 5 rings (SSSR count). The number of amides is 1. The van der Waals surface area contributed by atoms with Gasteiger partial charge in [-0.3, -0.25) is 9.78 Å². The van der Waals surface area contributed by atoms with Crippen molar-refractivity contribution in [3.8, 4) is 16.3 Å².